The van der Waals surface area contributed by atoms with Crippen LogP contribution in [0.4, 0.5) is 0 Å². The molecule has 0 fully saturated rings. The summed E-state index contributed by atoms with van der Waals surface area (Å²) in [6, 6.07) is 0. The van der Waals surface area contributed by atoms with Gasteiger partial charge in [-0.1, -0.05) is 233 Å². The summed E-state index contributed by atoms with van der Waals surface area (Å²) in [6.07, 6.45) is 47.9. The van der Waals surface area contributed by atoms with E-state index in [1.54, 1.807) is 0 Å². The minimum atomic E-state index is -0.987. The van der Waals surface area contributed by atoms with Gasteiger partial charge in [-0.15, -0.1) is 0 Å². The predicted molar refractivity (Wildman–Crippen MR) is 264 cm³/mol. The summed E-state index contributed by atoms with van der Waals surface area (Å²) in [5, 5.41) is 60.0. The van der Waals surface area contributed by atoms with Crippen molar-refractivity contribution in [1.29, 1.82) is 0 Å². The summed E-state index contributed by atoms with van der Waals surface area (Å²) in [6.45, 7) is 6.74. The molecule has 0 aliphatic heterocycles. The number of carboxylic acid groups (broad SMARTS) is 3. The Morgan fingerprint density at radius 3 is 0.578 bits per heavy atom. The topological polar surface area (TPSA) is 181 Å². The number of hydrogen-bond donors (Lipinski definition) is 3. The minimum absolute atomic E-state index is 0. The van der Waals surface area contributed by atoms with E-state index in [1.165, 1.54) is 173 Å². The van der Waals surface area contributed by atoms with Gasteiger partial charge in [-0.25, -0.2) is 0 Å². The van der Waals surface area contributed by atoms with Crippen molar-refractivity contribution in [2.45, 2.75) is 328 Å². The molecule has 3 N–H and O–H groups in total. The van der Waals surface area contributed by atoms with E-state index in [2.05, 4.69) is 20.8 Å². The fourth-order valence-electron chi connectivity index (χ4n) is 7.98. The van der Waals surface area contributed by atoms with Crippen LogP contribution in [0.15, 0.2) is 0 Å². The van der Waals surface area contributed by atoms with Crippen LogP contribution in [0.3, 0.4) is 0 Å². The second-order valence-electron chi connectivity index (χ2n) is 18.7. The molecule has 3 atom stereocenters. The zero-order valence-corrected chi connectivity index (χ0v) is 43.6. The van der Waals surface area contributed by atoms with Gasteiger partial charge in [0.1, 0.15) is 0 Å². The molecule has 0 aromatic heterocycles. The maximum Gasteiger partial charge on any atom is 3.00 e. The van der Waals surface area contributed by atoms with Crippen molar-refractivity contribution in [1.82, 2.24) is 0 Å². The number of aliphatic carboxylic acids is 3. The summed E-state index contributed by atoms with van der Waals surface area (Å²) < 4.78 is 0. The maximum atomic E-state index is 10.2. The largest absolute Gasteiger partial charge is 3.00 e. The molecule has 0 amide bonds. The molecule has 0 aromatic rings. The number of aliphatic hydroxyl groups excluding tert-OH is 3. The Hall–Kier alpha value is -1.18. The second kappa shape index (κ2) is 59.8. The van der Waals surface area contributed by atoms with Gasteiger partial charge in [-0.3, -0.25) is 0 Å². The first kappa shape index (κ1) is 69.4. The zero-order valence-electron chi connectivity index (χ0n) is 42.4. The molecule has 0 rings (SSSR count). The molecule has 0 spiro atoms. The van der Waals surface area contributed by atoms with Crippen molar-refractivity contribution < 1.29 is 45.0 Å². The summed E-state index contributed by atoms with van der Waals surface area (Å²) in [7, 11) is 0. The summed E-state index contributed by atoms with van der Waals surface area (Å²) in [5.41, 5.74) is 0. The van der Waals surface area contributed by atoms with E-state index in [4.69, 9.17) is 0 Å². The zero-order chi connectivity index (χ0) is 47.3. The molecule has 0 aromatic carbocycles. The molecule has 378 valence electrons. The van der Waals surface area contributed by atoms with E-state index >= 15 is 0 Å². The number of aliphatic hydroxyl groups is 3. The van der Waals surface area contributed by atoms with Crippen LogP contribution in [0.1, 0.15) is 310 Å². The van der Waals surface area contributed by atoms with Crippen LogP contribution >= 0.6 is 0 Å². The third-order valence-electron chi connectivity index (χ3n) is 12.2. The number of carboxylic acids is 3. The number of unbranched alkanes of at least 4 members (excludes halogenated alkanes) is 30. The Morgan fingerprint density at radius 1 is 0.281 bits per heavy atom. The van der Waals surface area contributed by atoms with E-state index in [-0.39, 0.29) is 54.9 Å². The minimum Gasteiger partial charge on any atom is -0.550 e. The van der Waals surface area contributed by atoms with Gasteiger partial charge in [0.05, 0.1) is 18.3 Å². The van der Waals surface area contributed by atoms with Crippen molar-refractivity contribution in [3.8, 4) is 0 Å². The van der Waals surface area contributed by atoms with E-state index in [9.17, 15) is 45.0 Å². The van der Waals surface area contributed by atoms with Crippen molar-refractivity contribution >= 4 is 35.3 Å². The fourth-order valence-corrected chi connectivity index (χ4v) is 7.98. The molecule has 0 bridgehead atoms. The smallest absolute Gasteiger partial charge is 0.550 e. The average Bonchev–Trinajstić information content (AvgIpc) is 3.25. The molecule has 0 heterocycles. The van der Waals surface area contributed by atoms with Gasteiger partial charge in [0.2, 0.25) is 0 Å². The second-order valence-corrected chi connectivity index (χ2v) is 18.7. The summed E-state index contributed by atoms with van der Waals surface area (Å²) in [5.74, 6) is -2.96. The van der Waals surface area contributed by atoms with Crippen LogP contribution in [0.25, 0.3) is 0 Å². The number of carbonyl (C=O) groups excluding carboxylic acids is 3. The van der Waals surface area contributed by atoms with Gasteiger partial charge in [0.25, 0.3) is 0 Å². The Kier molecular flexibility index (Phi) is 64.9. The fraction of sp³-hybridized carbons (Fsp3) is 0.944. The molecule has 9 nitrogen and oxygen atoms in total. The molecule has 64 heavy (non-hydrogen) atoms. The third kappa shape index (κ3) is 69.9. The van der Waals surface area contributed by atoms with Gasteiger partial charge in [-0.2, -0.15) is 0 Å². The van der Waals surface area contributed by atoms with E-state index in [0.29, 0.717) is 19.3 Å². The molecular weight excluding hydrogens is 820 g/mol. The quantitative estimate of drug-likeness (QED) is 0.0395. The van der Waals surface area contributed by atoms with Gasteiger partial charge >= 0.3 is 17.4 Å². The molecule has 10 heteroatoms. The van der Waals surface area contributed by atoms with Gasteiger partial charge < -0.3 is 45.0 Å². The van der Waals surface area contributed by atoms with Crippen LogP contribution in [-0.2, 0) is 14.4 Å². The maximum absolute atomic E-state index is 10.2. The Morgan fingerprint density at radius 2 is 0.422 bits per heavy atom. The summed E-state index contributed by atoms with van der Waals surface area (Å²) >= 11 is 0. The first-order valence-corrected chi connectivity index (χ1v) is 27.1. The standard InChI is InChI=1S/3C18H36O3.Al/c3*1-2-3-4-5-6-7-8-9-10-11-14-17(19)15-12-13-16-18(20)21;/h3*17,19H,2-16H2,1H3,(H,20,21);/q;;;+3/p-3. The molecular formula is C54H105AlO9. The van der Waals surface area contributed by atoms with Crippen LogP contribution < -0.4 is 15.3 Å². The predicted octanol–water partition coefficient (Wildman–Crippen LogP) is 11.5. The molecule has 0 saturated carbocycles. The molecule has 0 saturated heterocycles. The SMILES string of the molecule is CCCCCCCCCCCCC(O)CCCCC(=O)[O-].CCCCCCCCCCCCC(O)CCCCC(=O)[O-].CCCCCCCCCCCCC(O)CCCCC(=O)[O-].[Al+3]. The van der Waals surface area contributed by atoms with Crippen molar-refractivity contribution in [3.63, 3.8) is 0 Å². The third-order valence-corrected chi connectivity index (χ3v) is 12.2. The van der Waals surface area contributed by atoms with E-state index in [0.717, 1.165) is 77.0 Å². The van der Waals surface area contributed by atoms with Gasteiger partial charge in [-0.05, 0) is 77.0 Å². The van der Waals surface area contributed by atoms with Gasteiger partial charge in [0.15, 0.2) is 0 Å². The number of rotatable bonds is 48. The van der Waals surface area contributed by atoms with Crippen LogP contribution in [0.5, 0.6) is 0 Å². The monoisotopic (exact) mass is 925 g/mol. The summed E-state index contributed by atoms with van der Waals surface area (Å²) in [4.78, 5) is 30.7. The van der Waals surface area contributed by atoms with Crippen molar-refractivity contribution in [3.05, 3.63) is 0 Å². The van der Waals surface area contributed by atoms with E-state index < -0.39 is 17.9 Å². The Balaban J connectivity index is -0.000000419. The Bertz CT molecular complexity index is 807. The van der Waals surface area contributed by atoms with Crippen LogP contribution in [0.2, 0.25) is 0 Å². The van der Waals surface area contributed by atoms with Crippen LogP contribution in [-0.4, -0.2) is 68.9 Å². The number of hydrogen-bond acceptors (Lipinski definition) is 9. The molecule has 0 aliphatic rings. The molecule has 3 unspecified atom stereocenters. The number of carbonyl (C=O) groups is 3. The normalized spacial score (nSPS) is 12.3. The first-order valence-electron chi connectivity index (χ1n) is 27.1. The van der Waals surface area contributed by atoms with E-state index in [1.807, 2.05) is 0 Å². The average molecular weight is 925 g/mol. The van der Waals surface area contributed by atoms with Crippen molar-refractivity contribution in [2.24, 2.45) is 0 Å². The molecule has 0 radical (unpaired) electrons. The first-order chi connectivity index (χ1) is 30.5. The molecule has 0 aliphatic carbocycles. The van der Waals surface area contributed by atoms with Crippen molar-refractivity contribution in [2.75, 3.05) is 0 Å². The van der Waals surface area contributed by atoms with Gasteiger partial charge in [0, 0.05) is 17.9 Å². The van der Waals surface area contributed by atoms with Crippen LogP contribution in [0, 0.1) is 0 Å². The Labute approximate surface area is 406 Å².